The standard InChI is InChI=1S/C9H5BrFIS/c10-3-5-4-13-9-6(11)1-2-7(12)8(5)9/h1-2,4H,3H2. The number of benzene rings is 1. The van der Waals surface area contributed by atoms with Crippen LogP contribution in [0.1, 0.15) is 5.56 Å². The van der Waals surface area contributed by atoms with Crippen molar-refractivity contribution in [2.75, 3.05) is 0 Å². The summed E-state index contributed by atoms with van der Waals surface area (Å²) < 4.78 is 15.2. The lowest BCUT2D eigenvalue weighted by atomic mass is 10.2. The first-order valence-electron chi connectivity index (χ1n) is 3.64. The highest BCUT2D eigenvalue weighted by atomic mass is 127. The van der Waals surface area contributed by atoms with Gasteiger partial charge in [0.05, 0.1) is 4.70 Å². The predicted octanol–water partition coefficient (Wildman–Crippen LogP) is 4.54. The lowest BCUT2D eigenvalue weighted by molar-refractivity contribution is 0.641. The van der Waals surface area contributed by atoms with Gasteiger partial charge in [0.25, 0.3) is 0 Å². The molecule has 0 fully saturated rings. The Kier molecular flexibility index (Phi) is 2.90. The van der Waals surface area contributed by atoms with Gasteiger partial charge in [-0.05, 0) is 45.7 Å². The highest BCUT2D eigenvalue weighted by Gasteiger charge is 2.09. The monoisotopic (exact) mass is 370 g/mol. The van der Waals surface area contributed by atoms with Gasteiger partial charge in [-0.15, -0.1) is 11.3 Å². The van der Waals surface area contributed by atoms with E-state index in [1.165, 1.54) is 23.0 Å². The van der Waals surface area contributed by atoms with Crippen LogP contribution in [0.5, 0.6) is 0 Å². The van der Waals surface area contributed by atoms with Crippen LogP contribution in [-0.4, -0.2) is 0 Å². The number of alkyl halides is 1. The quantitative estimate of drug-likeness (QED) is 0.510. The normalized spacial score (nSPS) is 11.0. The van der Waals surface area contributed by atoms with Gasteiger partial charge < -0.3 is 0 Å². The Hall–Kier alpha value is 0.320. The third-order valence-electron chi connectivity index (χ3n) is 1.84. The summed E-state index contributed by atoms with van der Waals surface area (Å²) in [6.45, 7) is 0. The third kappa shape index (κ3) is 1.64. The van der Waals surface area contributed by atoms with Crippen LogP contribution in [0.3, 0.4) is 0 Å². The lowest BCUT2D eigenvalue weighted by Gasteiger charge is -1.97. The molecule has 0 atom stereocenters. The Bertz CT molecular complexity index is 452. The van der Waals surface area contributed by atoms with E-state index in [1.807, 2.05) is 11.4 Å². The summed E-state index contributed by atoms with van der Waals surface area (Å²) in [5, 5.41) is 3.85. The molecule has 2 rings (SSSR count). The SMILES string of the molecule is Fc1ccc(I)c2c(CBr)csc12. The highest BCUT2D eigenvalue weighted by Crippen LogP contribution is 2.33. The van der Waals surface area contributed by atoms with Gasteiger partial charge in [0, 0.05) is 14.3 Å². The maximum absolute atomic E-state index is 13.3. The fourth-order valence-electron chi connectivity index (χ4n) is 1.23. The predicted molar refractivity (Wildman–Crippen MR) is 67.1 cm³/mol. The van der Waals surface area contributed by atoms with Crippen LogP contribution in [0.25, 0.3) is 10.1 Å². The molecule has 0 aliphatic rings. The van der Waals surface area contributed by atoms with E-state index in [1.54, 1.807) is 0 Å². The summed E-state index contributed by atoms with van der Waals surface area (Å²) in [5.74, 6) is -0.118. The van der Waals surface area contributed by atoms with Gasteiger partial charge in [-0.3, -0.25) is 0 Å². The smallest absolute Gasteiger partial charge is 0.141 e. The van der Waals surface area contributed by atoms with Crippen LogP contribution in [-0.2, 0) is 5.33 Å². The molecule has 0 saturated carbocycles. The third-order valence-corrected chi connectivity index (χ3v) is 4.38. The van der Waals surface area contributed by atoms with E-state index in [2.05, 4.69) is 38.5 Å². The molecule has 2 aromatic rings. The molecule has 0 bridgehead atoms. The molecule has 0 saturated heterocycles. The molecule has 0 radical (unpaired) electrons. The van der Waals surface area contributed by atoms with E-state index in [9.17, 15) is 4.39 Å². The fraction of sp³-hybridized carbons (Fsp3) is 0.111. The van der Waals surface area contributed by atoms with Gasteiger partial charge >= 0.3 is 0 Å². The number of hydrogen-bond donors (Lipinski definition) is 0. The van der Waals surface area contributed by atoms with E-state index in [0.717, 1.165) is 19.0 Å². The average molecular weight is 371 g/mol. The molecule has 13 heavy (non-hydrogen) atoms. The van der Waals surface area contributed by atoms with E-state index in [0.29, 0.717) is 0 Å². The van der Waals surface area contributed by atoms with E-state index < -0.39 is 0 Å². The van der Waals surface area contributed by atoms with Crippen molar-refractivity contribution >= 4 is 59.9 Å². The van der Waals surface area contributed by atoms with Crippen molar-refractivity contribution in [3.05, 3.63) is 32.5 Å². The zero-order valence-corrected chi connectivity index (χ0v) is 11.0. The number of hydrogen-bond acceptors (Lipinski definition) is 1. The number of thiophene rings is 1. The zero-order valence-electron chi connectivity index (χ0n) is 6.48. The minimum absolute atomic E-state index is 0.118. The van der Waals surface area contributed by atoms with Gasteiger partial charge in [0.15, 0.2) is 0 Å². The van der Waals surface area contributed by atoms with E-state index in [4.69, 9.17) is 0 Å². The van der Waals surface area contributed by atoms with Crippen molar-refractivity contribution in [2.24, 2.45) is 0 Å². The van der Waals surface area contributed by atoms with Crippen molar-refractivity contribution in [1.29, 1.82) is 0 Å². The topological polar surface area (TPSA) is 0 Å². The Morgan fingerprint density at radius 1 is 1.46 bits per heavy atom. The summed E-state index contributed by atoms with van der Waals surface area (Å²) in [5.41, 5.74) is 1.17. The van der Waals surface area contributed by atoms with E-state index >= 15 is 0 Å². The molecule has 0 spiro atoms. The number of rotatable bonds is 1. The molecular formula is C9H5BrFIS. The van der Waals surface area contributed by atoms with Gasteiger partial charge in [0.1, 0.15) is 5.82 Å². The second-order valence-corrected chi connectivity index (χ2v) is 5.23. The molecule has 1 heterocycles. The van der Waals surface area contributed by atoms with Crippen molar-refractivity contribution in [3.8, 4) is 0 Å². The lowest BCUT2D eigenvalue weighted by Crippen LogP contribution is -1.81. The first-order valence-corrected chi connectivity index (χ1v) is 6.72. The van der Waals surface area contributed by atoms with Gasteiger partial charge in [-0.1, -0.05) is 15.9 Å². The summed E-state index contributed by atoms with van der Waals surface area (Å²) in [6, 6.07) is 3.34. The first-order chi connectivity index (χ1) is 6.24. The second-order valence-electron chi connectivity index (χ2n) is 2.63. The zero-order chi connectivity index (χ0) is 9.42. The van der Waals surface area contributed by atoms with E-state index in [-0.39, 0.29) is 5.82 Å². The fourth-order valence-corrected chi connectivity index (χ4v) is 3.87. The van der Waals surface area contributed by atoms with Crippen molar-refractivity contribution < 1.29 is 4.39 Å². The minimum atomic E-state index is -0.118. The second kappa shape index (κ2) is 3.82. The largest absolute Gasteiger partial charge is 0.205 e. The molecule has 1 aromatic carbocycles. The number of halogens is 3. The summed E-state index contributed by atoms with van der Waals surface area (Å²) >= 11 is 7.11. The molecule has 0 nitrogen and oxygen atoms in total. The van der Waals surface area contributed by atoms with Crippen molar-refractivity contribution in [3.63, 3.8) is 0 Å². The average Bonchev–Trinajstić information content (AvgIpc) is 2.56. The van der Waals surface area contributed by atoms with Crippen LogP contribution < -0.4 is 0 Å². The molecule has 0 unspecified atom stereocenters. The molecular weight excluding hydrogens is 366 g/mol. The van der Waals surface area contributed by atoms with Gasteiger partial charge in [-0.2, -0.15) is 0 Å². The van der Waals surface area contributed by atoms with Crippen LogP contribution in [0.4, 0.5) is 4.39 Å². The highest BCUT2D eigenvalue weighted by molar-refractivity contribution is 14.1. The maximum atomic E-state index is 13.3. The molecule has 1 aromatic heterocycles. The first kappa shape index (κ1) is 9.86. The molecule has 0 amide bonds. The molecule has 68 valence electrons. The molecule has 0 N–H and O–H groups in total. The van der Waals surface area contributed by atoms with Crippen LogP contribution in [0.15, 0.2) is 17.5 Å². The summed E-state index contributed by atoms with van der Waals surface area (Å²) in [7, 11) is 0. The number of fused-ring (bicyclic) bond motifs is 1. The minimum Gasteiger partial charge on any atom is -0.205 e. The van der Waals surface area contributed by atoms with Crippen LogP contribution in [0, 0.1) is 9.39 Å². The Labute approximate surface area is 101 Å². The molecule has 0 aliphatic carbocycles. The summed E-state index contributed by atoms with van der Waals surface area (Å²) in [6.07, 6.45) is 0. The Morgan fingerprint density at radius 2 is 2.23 bits per heavy atom. The van der Waals surface area contributed by atoms with Crippen molar-refractivity contribution in [1.82, 2.24) is 0 Å². The Balaban J connectivity index is 2.87. The van der Waals surface area contributed by atoms with Crippen molar-refractivity contribution in [2.45, 2.75) is 5.33 Å². The Morgan fingerprint density at radius 3 is 2.92 bits per heavy atom. The van der Waals surface area contributed by atoms with Gasteiger partial charge in [0.2, 0.25) is 0 Å². The molecule has 4 heteroatoms. The summed E-state index contributed by atoms with van der Waals surface area (Å²) in [4.78, 5) is 0. The molecule has 0 aliphatic heterocycles. The maximum Gasteiger partial charge on any atom is 0.141 e. The van der Waals surface area contributed by atoms with Crippen LogP contribution >= 0.6 is 49.9 Å². The van der Waals surface area contributed by atoms with Crippen LogP contribution in [0.2, 0.25) is 0 Å². The van der Waals surface area contributed by atoms with Gasteiger partial charge in [-0.25, -0.2) is 4.39 Å².